The summed E-state index contributed by atoms with van der Waals surface area (Å²) in [5.74, 6) is 0. The molecule has 0 heterocycles. The number of hydrogen-bond acceptors (Lipinski definition) is 1. The Morgan fingerprint density at radius 1 is 0.917 bits per heavy atom. The number of allylic oxidation sites excluding steroid dienone is 3. The molecule has 2 aromatic rings. The molecule has 0 amide bonds. The smallest absolute Gasteiger partial charge is 0.0360 e. The third kappa shape index (κ3) is 6.17. The fourth-order valence-corrected chi connectivity index (χ4v) is 2.71. The molecule has 2 rings (SSSR count). The van der Waals surface area contributed by atoms with E-state index >= 15 is 0 Å². The second-order valence-electron chi connectivity index (χ2n) is 6.46. The van der Waals surface area contributed by atoms with Crippen molar-refractivity contribution in [2.75, 3.05) is 0 Å². The highest BCUT2D eigenvalue weighted by atomic mass is 14.9. The molecule has 0 bridgehead atoms. The lowest BCUT2D eigenvalue weighted by Gasteiger charge is -2.21. The minimum Gasteiger partial charge on any atom is -0.306 e. The Kier molecular flexibility index (Phi) is 7.51. The van der Waals surface area contributed by atoms with Gasteiger partial charge in [0.1, 0.15) is 0 Å². The zero-order valence-corrected chi connectivity index (χ0v) is 15.1. The molecule has 0 aliphatic rings. The predicted octanol–water partition coefficient (Wildman–Crippen LogP) is 6.21. The van der Waals surface area contributed by atoms with E-state index in [1.165, 1.54) is 22.3 Å². The molecule has 1 unspecified atom stereocenters. The first-order chi connectivity index (χ1) is 11.7. The van der Waals surface area contributed by atoms with E-state index in [2.05, 4.69) is 98.9 Å². The van der Waals surface area contributed by atoms with Crippen LogP contribution in [0.4, 0.5) is 0 Å². The number of rotatable bonds is 8. The Balaban J connectivity index is 2.13. The maximum Gasteiger partial charge on any atom is 0.0360 e. The predicted molar refractivity (Wildman–Crippen MR) is 105 cm³/mol. The van der Waals surface area contributed by atoms with Crippen molar-refractivity contribution in [3.63, 3.8) is 0 Å². The summed E-state index contributed by atoms with van der Waals surface area (Å²) in [4.78, 5) is 0. The van der Waals surface area contributed by atoms with Crippen molar-refractivity contribution in [3.05, 3.63) is 95.1 Å². The largest absolute Gasteiger partial charge is 0.306 e. The first-order valence-corrected chi connectivity index (χ1v) is 8.84. The monoisotopic (exact) mass is 319 g/mol. The van der Waals surface area contributed by atoms with Gasteiger partial charge >= 0.3 is 0 Å². The number of nitrogens with one attached hydrogen (secondary N) is 1. The molecular formula is C23H29N. The molecule has 126 valence electrons. The van der Waals surface area contributed by atoms with Crippen LogP contribution in [-0.2, 0) is 6.54 Å². The fraction of sp³-hybridized carbons (Fsp3) is 0.304. The zero-order chi connectivity index (χ0) is 17.2. The van der Waals surface area contributed by atoms with Crippen LogP contribution >= 0.6 is 0 Å². The summed E-state index contributed by atoms with van der Waals surface area (Å²) in [5.41, 5.74) is 5.50. The van der Waals surface area contributed by atoms with Crippen molar-refractivity contribution in [1.29, 1.82) is 0 Å². The molecule has 0 aliphatic heterocycles. The summed E-state index contributed by atoms with van der Waals surface area (Å²) in [6.07, 6.45) is 6.63. The second kappa shape index (κ2) is 9.89. The maximum atomic E-state index is 3.74. The normalized spacial score (nSPS) is 12.7. The standard InChI is InChI=1S/C23H29N/c1-4-20(16-15-19(2)3)17-23(22-13-9-6-10-14-22)24-18-21-11-7-5-8-12-21/h5-16,23-24H,4,17-18H2,1-3H3/b20-16+. The van der Waals surface area contributed by atoms with Crippen molar-refractivity contribution in [2.45, 2.75) is 46.2 Å². The molecule has 1 N–H and O–H groups in total. The van der Waals surface area contributed by atoms with Crippen molar-refractivity contribution in [1.82, 2.24) is 5.32 Å². The molecule has 0 fully saturated rings. The lowest BCUT2D eigenvalue weighted by molar-refractivity contribution is 0.524. The Morgan fingerprint density at radius 2 is 1.54 bits per heavy atom. The minimum atomic E-state index is 0.336. The summed E-state index contributed by atoms with van der Waals surface area (Å²) >= 11 is 0. The van der Waals surface area contributed by atoms with Crippen LogP contribution < -0.4 is 5.32 Å². The third-order valence-corrected chi connectivity index (χ3v) is 4.17. The van der Waals surface area contributed by atoms with E-state index in [9.17, 15) is 0 Å². The van der Waals surface area contributed by atoms with Gasteiger partial charge in [0.05, 0.1) is 0 Å². The molecule has 1 heteroatoms. The Hall–Kier alpha value is -2.12. The summed E-state index contributed by atoms with van der Waals surface area (Å²) in [7, 11) is 0. The Morgan fingerprint density at radius 3 is 2.12 bits per heavy atom. The van der Waals surface area contributed by atoms with Gasteiger partial charge in [0.2, 0.25) is 0 Å². The quantitative estimate of drug-likeness (QED) is 0.570. The third-order valence-electron chi connectivity index (χ3n) is 4.17. The van der Waals surface area contributed by atoms with E-state index < -0.39 is 0 Å². The van der Waals surface area contributed by atoms with Gasteiger partial charge in [-0.15, -0.1) is 0 Å². The van der Waals surface area contributed by atoms with Crippen molar-refractivity contribution >= 4 is 0 Å². The lowest BCUT2D eigenvalue weighted by Crippen LogP contribution is -2.21. The van der Waals surface area contributed by atoms with Crippen molar-refractivity contribution in [2.24, 2.45) is 0 Å². The Bertz CT molecular complexity index is 649. The van der Waals surface area contributed by atoms with Gasteiger partial charge in [0, 0.05) is 12.6 Å². The highest BCUT2D eigenvalue weighted by Crippen LogP contribution is 2.23. The van der Waals surface area contributed by atoms with Gasteiger partial charge < -0.3 is 5.32 Å². The van der Waals surface area contributed by atoms with Gasteiger partial charge in [-0.1, -0.05) is 90.9 Å². The molecule has 0 saturated heterocycles. The van der Waals surface area contributed by atoms with Crippen LogP contribution in [0.5, 0.6) is 0 Å². The average molecular weight is 319 g/mol. The van der Waals surface area contributed by atoms with E-state index in [1.807, 2.05) is 0 Å². The molecule has 1 nitrogen and oxygen atoms in total. The molecule has 0 radical (unpaired) electrons. The van der Waals surface area contributed by atoms with E-state index in [0.717, 1.165) is 19.4 Å². The molecule has 0 aromatic heterocycles. The average Bonchev–Trinajstić information content (AvgIpc) is 2.62. The fourth-order valence-electron chi connectivity index (χ4n) is 2.71. The maximum absolute atomic E-state index is 3.74. The van der Waals surface area contributed by atoms with Crippen LogP contribution in [0, 0.1) is 0 Å². The molecular weight excluding hydrogens is 290 g/mol. The zero-order valence-electron chi connectivity index (χ0n) is 15.1. The van der Waals surface area contributed by atoms with Crippen LogP contribution in [0.15, 0.2) is 84.0 Å². The van der Waals surface area contributed by atoms with Crippen LogP contribution in [-0.4, -0.2) is 0 Å². The Labute approximate surface area is 147 Å². The first kappa shape index (κ1) is 18.2. The minimum absolute atomic E-state index is 0.336. The summed E-state index contributed by atoms with van der Waals surface area (Å²) < 4.78 is 0. The van der Waals surface area contributed by atoms with E-state index in [1.54, 1.807) is 0 Å². The lowest BCUT2D eigenvalue weighted by atomic mass is 9.96. The molecule has 0 spiro atoms. The van der Waals surface area contributed by atoms with Gasteiger partial charge in [0.15, 0.2) is 0 Å². The van der Waals surface area contributed by atoms with Gasteiger partial charge in [-0.05, 0) is 37.8 Å². The van der Waals surface area contributed by atoms with Crippen LogP contribution in [0.1, 0.15) is 50.8 Å². The van der Waals surface area contributed by atoms with E-state index in [4.69, 9.17) is 0 Å². The highest BCUT2D eigenvalue weighted by molar-refractivity contribution is 5.24. The van der Waals surface area contributed by atoms with E-state index in [0.29, 0.717) is 6.04 Å². The van der Waals surface area contributed by atoms with E-state index in [-0.39, 0.29) is 0 Å². The first-order valence-electron chi connectivity index (χ1n) is 8.84. The summed E-state index contributed by atoms with van der Waals surface area (Å²) in [5, 5.41) is 3.74. The molecule has 2 aromatic carbocycles. The van der Waals surface area contributed by atoms with Crippen molar-refractivity contribution < 1.29 is 0 Å². The second-order valence-corrected chi connectivity index (χ2v) is 6.46. The molecule has 1 atom stereocenters. The molecule has 0 saturated carbocycles. The summed E-state index contributed by atoms with van der Waals surface area (Å²) in [6, 6.07) is 21.7. The number of hydrogen-bond donors (Lipinski definition) is 1. The van der Waals surface area contributed by atoms with Gasteiger partial charge in [-0.3, -0.25) is 0 Å². The van der Waals surface area contributed by atoms with Crippen molar-refractivity contribution in [3.8, 4) is 0 Å². The topological polar surface area (TPSA) is 12.0 Å². The molecule has 0 aliphatic carbocycles. The SMILES string of the molecule is CC/C(=C\C=C(C)C)CC(NCc1ccccc1)c1ccccc1. The van der Waals surface area contributed by atoms with Crippen LogP contribution in [0.2, 0.25) is 0 Å². The number of benzene rings is 2. The van der Waals surface area contributed by atoms with Crippen LogP contribution in [0.3, 0.4) is 0 Å². The van der Waals surface area contributed by atoms with Gasteiger partial charge in [-0.25, -0.2) is 0 Å². The molecule has 24 heavy (non-hydrogen) atoms. The van der Waals surface area contributed by atoms with Gasteiger partial charge in [0.25, 0.3) is 0 Å². The summed E-state index contributed by atoms with van der Waals surface area (Å²) in [6.45, 7) is 7.42. The van der Waals surface area contributed by atoms with Crippen LogP contribution in [0.25, 0.3) is 0 Å². The highest BCUT2D eigenvalue weighted by Gasteiger charge is 2.12. The van der Waals surface area contributed by atoms with Gasteiger partial charge in [-0.2, -0.15) is 0 Å².